The summed E-state index contributed by atoms with van der Waals surface area (Å²) in [4.78, 5) is 24.8. The first-order chi connectivity index (χ1) is 14.3. The number of ether oxygens (including phenoxy) is 2. The van der Waals surface area contributed by atoms with E-state index in [1.165, 1.54) is 39.5 Å². The second-order valence-corrected chi connectivity index (χ2v) is 7.80. The Balaban J connectivity index is 1.97. The highest BCUT2D eigenvalue weighted by atomic mass is 32.2. The van der Waals surface area contributed by atoms with Gasteiger partial charge in [-0.05, 0) is 42.5 Å². The zero-order valence-electron chi connectivity index (χ0n) is 16.4. The van der Waals surface area contributed by atoms with E-state index in [9.17, 15) is 18.0 Å². The van der Waals surface area contributed by atoms with Crippen molar-refractivity contribution in [1.29, 1.82) is 0 Å². The molecular formula is C20H19N3O6S. The molecule has 3 rings (SSSR count). The summed E-state index contributed by atoms with van der Waals surface area (Å²) in [5.74, 6) is -0.764. The number of nitrogens with zero attached hydrogens (tertiary/aromatic N) is 2. The van der Waals surface area contributed by atoms with E-state index in [-0.39, 0.29) is 22.7 Å². The number of likely N-dealkylation sites (N-methyl/N-ethyl adjacent to an activating group) is 1. The maximum absolute atomic E-state index is 12.9. The Kier molecular flexibility index (Phi) is 5.88. The number of hydrogen-bond donors (Lipinski definition) is 1. The fourth-order valence-electron chi connectivity index (χ4n) is 2.73. The van der Waals surface area contributed by atoms with Gasteiger partial charge in [0.25, 0.3) is 5.91 Å². The number of esters is 1. The van der Waals surface area contributed by atoms with Crippen molar-refractivity contribution in [2.75, 3.05) is 26.6 Å². The third kappa shape index (κ3) is 4.18. The Morgan fingerprint density at radius 2 is 1.70 bits per heavy atom. The normalized spacial score (nSPS) is 15.0. The summed E-state index contributed by atoms with van der Waals surface area (Å²) in [5, 5.41) is 2.56. The predicted molar refractivity (Wildman–Crippen MR) is 111 cm³/mol. The van der Waals surface area contributed by atoms with E-state index in [4.69, 9.17) is 9.47 Å². The van der Waals surface area contributed by atoms with Crippen molar-refractivity contribution in [1.82, 2.24) is 4.31 Å². The number of rotatable bonds is 5. The van der Waals surface area contributed by atoms with Crippen LogP contribution in [0.3, 0.4) is 0 Å². The predicted octanol–water partition coefficient (Wildman–Crippen LogP) is 1.98. The van der Waals surface area contributed by atoms with Crippen LogP contribution in [0.1, 0.15) is 15.9 Å². The second-order valence-electron chi connectivity index (χ2n) is 6.17. The van der Waals surface area contributed by atoms with Gasteiger partial charge in [-0.1, -0.05) is 12.1 Å². The highest BCUT2D eigenvalue weighted by molar-refractivity contribution is 7.88. The number of amides is 1. The van der Waals surface area contributed by atoms with Crippen LogP contribution in [0.5, 0.6) is 5.75 Å². The lowest BCUT2D eigenvalue weighted by atomic mass is 10.1. The highest BCUT2D eigenvalue weighted by Gasteiger charge is 2.30. The molecule has 1 N–H and O–H groups in total. The monoisotopic (exact) mass is 429 g/mol. The van der Waals surface area contributed by atoms with Gasteiger partial charge in [-0.2, -0.15) is 8.42 Å². The van der Waals surface area contributed by atoms with Gasteiger partial charge in [0.1, 0.15) is 11.4 Å². The van der Waals surface area contributed by atoms with Crippen LogP contribution in [0.2, 0.25) is 0 Å². The number of allylic oxidation sites excluding steroid dienone is 1. The van der Waals surface area contributed by atoms with Crippen molar-refractivity contribution in [2.45, 2.75) is 0 Å². The SMILES string of the molecule is COC(=O)c1ccccc1NC(=O)C1=CC(c2ccc(OC)cc2)=NS(=O)(=O)N1C. The highest BCUT2D eigenvalue weighted by Crippen LogP contribution is 2.23. The third-order valence-electron chi connectivity index (χ3n) is 4.37. The van der Waals surface area contributed by atoms with Crippen molar-refractivity contribution >= 4 is 33.5 Å². The van der Waals surface area contributed by atoms with Crippen LogP contribution in [-0.4, -0.2) is 51.6 Å². The molecule has 0 spiro atoms. The Hall–Kier alpha value is -3.66. The van der Waals surface area contributed by atoms with Crippen molar-refractivity contribution in [2.24, 2.45) is 4.40 Å². The van der Waals surface area contributed by atoms with Gasteiger partial charge in [0.2, 0.25) is 0 Å². The van der Waals surface area contributed by atoms with Gasteiger partial charge in [0.15, 0.2) is 0 Å². The molecule has 1 aliphatic rings. The van der Waals surface area contributed by atoms with E-state index < -0.39 is 22.1 Å². The summed E-state index contributed by atoms with van der Waals surface area (Å²) >= 11 is 0. The molecule has 0 radical (unpaired) electrons. The number of carbonyl (C=O) groups is 2. The molecule has 1 aliphatic heterocycles. The molecule has 30 heavy (non-hydrogen) atoms. The number of benzene rings is 2. The van der Waals surface area contributed by atoms with Crippen LogP contribution in [-0.2, 0) is 19.7 Å². The zero-order chi connectivity index (χ0) is 21.9. The Labute approximate surface area is 173 Å². The van der Waals surface area contributed by atoms with E-state index in [1.54, 1.807) is 36.4 Å². The standard InChI is InChI=1S/C20H19N3O6S/c1-23-18(19(24)21-16-7-5-4-6-15(16)20(25)29-3)12-17(22-30(23,26)27)13-8-10-14(28-2)11-9-13/h4-12H,1-3H3,(H,21,24). The fraction of sp³-hybridized carbons (Fsp3) is 0.150. The van der Waals surface area contributed by atoms with Gasteiger partial charge >= 0.3 is 16.2 Å². The van der Waals surface area contributed by atoms with Crippen LogP contribution in [0, 0.1) is 0 Å². The Bertz CT molecular complexity index is 1150. The molecule has 1 heterocycles. The van der Waals surface area contributed by atoms with Gasteiger partial charge in [-0.15, -0.1) is 4.40 Å². The Morgan fingerprint density at radius 3 is 2.33 bits per heavy atom. The lowest BCUT2D eigenvalue weighted by Crippen LogP contribution is -2.35. The minimum absolute atomic E-state index is 0.0992. The van der Waals surface area contributed by atoms with Crippen molar-refractivity contribution < 1.29 is 27.5 Å². The number of methoxy groups -OCH3 is 2. The summed E-state index contributed by atoms with van der Waals surface area (Å²) in [6.07, 6.45) is 1.36. The van der Waals surface area contributed by atoms with E-state index in [0.29, 0.717) is 11.3 Å². The molecule has 2 aromatic rings. The summed E-state index contributed by atoms with van der Waals surface area (Å²) in [7, 11) is -0.160. The first-order valence-electron chi connectivity index (χ1n) is 8.70. The molecule has 1 amide bonds. The largest absolute Gasteiger partial charge is 0.497 e. The fourth-order valence-corrected chi connectivity index (χ4v) is 3.64. The van der Waals surface area contributed by atoms with Gasteiger partial charge in [0, 0.05) is 12.6 Å². The molecule has 9 nitrogen and oxygen atoms in total. The topological polar surface area (TPSA) is 114 Å². The summed E-state index contributed by atoms with van der Waals surface area (Å²) in [6.45, 7) is 0. The lowest BCUT2D eigenvalue weighted by Gasteiger charge is -2.24. The number of anilines is 1. The summed E-state index contributed by atoms with van der Waals surface area (Å²) in [5.41, 5.74) is 0.763. The third-order valence-corrected chi connectivity index (χ3v) is 5.69. The molecule has 0 aromatic heterocycles. The van der Waals surface area contributed by atoms with Gasteiger partial charge in [-0.25, -0.2) is 9.10 Å². The average Bonchev–Trinajstić information content (AvgIpc) is 2.75. The van der Waals surface area contributed by atoms with E-state index in [2.05, 4.69) is 9.71 Å². The van der Waals surface area contributed by atoms with Crippen molar-refractivity contribution in [3.63, 3.8) is 0 Å². The molecule has 0 unspecified atom stereocenters. The Morgan fingerprint density at radius 1 is 1.03 bits per heavy atom. The van der Waals surface area contributed by atoms with Gasteiger partial charge in [0.05, 0.1) is 31.2 Å². The molecule has 0 saturated carbocycles. The van der Waals surface area contributed by atoms with E-state index >= 15 is 0 Å². The first kappa shape index (κ1) is 21.1. The number of nitrogens with one attached hydrogen (secondary N) is 1. The molecular weight excluding hydrogens is 410 g/mol. The number of carbonyl (C=O) groups excluding carboxylic acids is 2. The lowest BCUT2D eigenvalue weighted by molar-refractivity contribution is -0.113. The molecule has 2 aromatic carbocycles. The van der Waals surface area contributed by atoms with Gasteiger partial charge in [-0.3, -0.25) is 4.79 Å². The minimum atomic E-state index is -4.12. The molecule has 0 fully saturated rings. The van der Waals surface area contributed by atoms with Crippen molar-refractivity contribution in [3.05, 3.63) is 71.4 Å². The molecule has 156 valence electrons. The average molecular weight is 429 g/mol. The molecule has 0 saturated heterocycles. The number of hydrogen-bond acceptors (Lipinski definition) is 6. The summed E-state index contributed by atoms with van der Waals surface area (Å²) < 4.78 is 39.3. The molecule has 10 heteroatoms. The number of para-hydroxylation sites is 1. The smallest absolute Gasteiger partial charge is 0.345 e. The van der Waals surface area contributed by atoms with Crippen LogP contribution in [0.25, 0.3) is 0 Å². The van der Waals surface area contributed by atoms with Crippen LogP contribution in [0.4, 0.5) is 5.69 Å². The quantitative estimate of drug-likeness (QED) is 0.727. The van der Waals surface area contributed by atoms with E-state index in [0.717, 1.165) is 4.31 Å². The maximum atomic E-state index is 12.9. The molecule has 0 atom stereocenters. The zero-order valence-corrected chi connectivity index (χ0v) is 17.3. The molecule has 0 aliphatic carbocycles. The van der Waals surface area contributed by atoms with Crippen molar-refractivity contribution in [3.8, 4) is 5.75 Å². The van der Waals surface area contributed by atoms with Crippen LogP contribution >= 0.6 is 0 Å². The minimum Gasteiger partial charge on any atom is -0.497 e. The van der Waals surface area contributed by atoms with Crippen LogP contribution < -0.4 is 10.1 Å². The second kappa shape index (κ2) is 8.37. The summed E-state index contributed by atoms with van der Waals surface area (Å²) in [6, 6.07) is 12.8. The van der Waals surface area contributed by atoms with Crippen LogP contribution in [0.15, 0.2) is 64.7 Å². The molecule has 0 bridgehead atoms. The van der Waals surface area contributed by atoms with E-state index in [1.807, 2.05) is 0 Å². The van der Waals surface area contributed by atoms with Gasteiger partial charge < -0.3 is 14.8 Å². The maximum Gasteiger partial charge on any atom is 0.345 e. The first-order valence-corrected chi connectivity index (χ1v) is 10.1.